The molecule has 20 heavy (non-hydrogen) atoms. The van der Waals surface area contributed by atoms with Gasteiger partial charge < -0.3 is 15.0 Å². The number of ether oxygens (including phenoxy) is 1. The zero-order valence-electron chi connectivity index (χ0n) is 12.9. The molecule has 0 atom stereocenters. The van der Waals surface area contributed by atoms with Crippen molar-refractivity contribution in [3.8, 4) is 0 Å². The minimum Gasteiger partial charge on any atom is -0.378 e. The maximum absolute atomic E-state index is 5.29. The second-order valence-electron chi connectivity index (χ2n) is 5.42. The second kappa shape index (κ2) is 7.96. The van der Waals surface area contributed by atoms with Crippen molar-refractivity contribution >= 4 is 16.5 Å². The standard InChI is InChI=1S/C15H27N3OS/c1-4-16-9-14-13(11-19-3)17-15(20-14)18(5-2)10-12-7-6-8-12/h12,16H,4-11H2,1-3H3. The maximum Gasteiger partial charge on any atom is 0.185 e. The molecule has 2 rings (SSSR count). The summed E-state index contributed by atoms with van der Waals surface area (Å²) in [5, 5.41) is 4.56. The van der Waals surface area contributed by atoms with Gasteiger partial charge in [0.2, 0.25) is 0 Å². The highest BCUT2D eigenvalue weighted by Crippen LogP contribution is 2.32. The van der Waals surface area contributed by atoms with Gasteiger partial charge >= 0.3 is 0 Å². The van der Waals surface area contributed by atoms with Gasteiger partial charge in [0, 0.05) is 31.6 Å². The molecule has 4 nitrogen and oxygen atoms in total. The first-order chi connectivity index (χ1) is 9.78. The van der Waals surface area contributed by atoms with Crippen LogP contribution in [0, 0.1) is 5.92 Å². The van der Waals surface area contributed by atoms with E-state index in [2.05, 4.69) is 24.1 Å². The summed E-state index contributed by atoms with van der Waals surface area (Å²) in [6, 6.07) is 0. The van der Waals surface area contributed by atoms with E-state index in [1.54, 1.807) is 7.11 Å². The Morgan fingerprint density at radius 1 is 1.40 bits per heavy atom. The van der Waals surface area contributed by atoms with E-state index in [-0.39, 0.29) is 0 Å². The van der Waals surface area contributed by atoms with Crippen LogP contribution in [0.2, 0.25) is 0 Å². The molecule has 0 bridgehead atoms. The van der Waals surface area contributed by atoms with E-state index < -0.39 is 0 Å². The van der Waals surface area contributed by atoms with Gasteiger partial charge in [-0.2, -0.15) is 0 Å². The second-order valence-corrected chi connectivity index (χ2v) is 6.48. The summed E-state index contributed by atoms with van der Waals surface area (Å²) >= 11 is 1.82. The third kappa shape index (κ3) is 3.93. The molecule has 0 spiro atoms. The molecule has 1 saturated carbocycles. The lowest BCUT2D eigenvalue weighted by Crippen LogP contribution is -2.32. The fraction of sp³-hybridized carbons (Fsp3) is 0.800. The first-order valence-electron chi connectivity index (χ1n) is 7.71. The van der Waals surface area contributed by atoms with E-state index in [4.69, 9.17) is 9.72 Å². The summed E-state index contributed by atoms with van der Waals surface area (Å²) < 4.78 is 5.29. The number of hydrogen-bond donors (Lipinski definition) is 1. The third-order valence-corrected chi connectivity index (χ3v) is 5.10. The fourth-order valence-corrected chi connectivity index (χ4v) is 3.57. The summed E-state index contributed by atoms with van der Waals surface area (Å²) in [5.74, 6) is 0.877. The van der Waals surface area contributed by atoms with Crippen molar-refractivity contribution in [1.29, 1.82) is 0 Å². The average molecular weight is 297 g/mol. The van der Waals surface area contributed by atoms with Crippen LogP contribution in [-0.2, 0) is 17.9 Å². The molecule has 1 heterocycles. The third-order valence-electron chi connectivity index (χ3n) is 3.94. The van der Waals surface area contributed by atoms with Crippen molar-refractivity contribution in [2.24, 2.45) is 5.92 Å². The van der Waals surface area contributed by atoms with E-state index in [0.717, 1.165) is 37.8 Å². The number of aromatic nitrogens is 1. The van der Waals surface area contributed by atoms with E-state index in [0.29, 0.717) is 6.61 Å². The van der Waals surface area contributed by atoms with Crippen LogP contribution in [0.3, 0.4) is 0 Å². The van der Waals surface area contributed by atoms with Crippen LogP contribution < -0.4 is 10.2 Å². The Morgan fingerprint density at radius 2 is 2.20 bits per heavy atom. The Balaban J connectivity index is 2.07. The molecule has 0 aliphatic heterocycles. The number of thiazole rings is 1. The maximum atomic E-state index is 5.29. The number of nitrogens with zero attached hydrogens (tertiary/aromatic N) is 2. The summed E-state index contributed by atoms with van der Waals surface area (Å²) in [5.41, 5.74) is 1.10. The van der Waals surface area contributed by atoms with Gasteiger partial charge in [-0.25, -0.2) is 4.98 Å². The molecule has 0 saturated heterocycles. The number of rotatable bonds is 9. The topological polar surface area (TPSA) is 37.4 Å². The average Bonchev–Trinajstić information content (AvgIpc) is 2.79. The van der Waals surface area contributed by atoms with Crippen molar-refractivity contribution in [2.75, 3.05) is 31.6 Å². The summed E-state index contributed by atoms with van der Waals surface area (Å²) in [7, 11) is 1.74. The van der Waals surface area contributed by atoms with Crippen molar-refractivity contribution < 1.29 is 4.74 Å². The van der Waals surface area contributed by atoms with Crippen molar-refractivity contribution in [3.05, 3.63) is 10.6 Å². The lowest BCUT2D eigenvalue weighted by atomic mass is 9.85. The van der Waals surface area contributed by atoms with Crippen molar-refractivity contribution in [1.82, 2.24) is 10.3 Å². The molecule has 1 aliphatic rings. The summed E-state index contributed by atoms with van der Waals surface area (Å²) in [6.07, 6.45) is 4.18. The molecule has 1 aromatic heterocycles. The predicted octanol–water partition coefficient (Wildman–Crippen LogP) is 3.03. The van der Waals surface area contributed by atoms with E-state index >= 15 is 0 Å². The van der Waals surface area contributed by atoms with Gasteiger partial charge in [0.1, 0.15) is 0 Å². The van der Waals surface area contributed by atoms with Gasteiger partial charge in [0.25, 0.3) is 0 Å². The molecule has 0 radical (unpaired) electrons. The summed E-state index contributed by atoms with van der Waals surface area (Å²) in [6.45, 7) is 9.05. The number of methoxy groups -OCH3 is 1. The lowest BCUT2D eigenvalue weighted by molar-refractivity contribution is 0.181. The molecule has 1 fully saturated rings. The minimum absolute atomic E-state index is 0.609. The minimum atomic E-state index is 0.609. The SMILES string of the molecule is CCNCc1sc(N(CC)CC2CCC2)nc1COC. The highest BCUT2D eigenvalue weighted by Gasteiger charge is 2.22. The van der Waals surface area contributed by atoms with Gasteiger partial charge in [-0.15, -0.1) is 11.3 Å². The molecule has 0 amide bonds. The smallest absolute Gasteiger partial charge is 0.185 e. The van der Waals surface area contributed by atoms with Crippen molar-refractivity contribution in [3.63, 3.8) is 0 Å². The first kappa shape index (κ1) is 15.7. The predicted molar refractivity (Wildman–Crippen MR) is 85.4 cm³/mol. The monoisotopic (exact) mass is 297 g/mol. The van der Waals surface area contributed by atoms with Crippen LogP contribution in [0.25, 0.3) is 0 Å². The molecule has 1 aliphatic carbocycles. The lowest BCUT2D eigenvalue weighted by Gasteiger charge is -2.31. The van der Waals surface area contributed by atoms with Crippen LogP contribution in [0.1, 0.15) is 43.7 Å². The Kier molecular flexibility index (Phi) is 6.26. The summed E-state index contributed by atoms with van der Waals surface area (Å²) in [4.78, 5) is 8.56. The van der Waals surface area contributed by atoms with Crippen LogP contribution in [0.5, 0.6) is 0 Å². The van der Waals surface area contributed by atoms with E-state index in [1.165, 1.54) is 29.3 Å². The Bertz CT molecular complexity index is 404. The highest BCUT2D eigenvalue weighted by atomic mass is 32.1. The largest absolute Gasteiger partial charge is 0.378 e. The normalized spacial score (nSPS) is 15.3. The Labute approximate surface area is 126 Å². The van der Waals surface area contributed by atoms with Crippen LogP contribution >= 0.6 is 11.3 Å². The van der Waals surface area contributed by atoms with Crippen LogP contribution in [0.4, 0.5) is 5.13 Å². The van der Waals surface area contributed by atoms with Crippen molar-refractivity contribution in [2.45, 2.75) is 46.3 Å². The van der Waals surface area contributed by atoms with Gasteiger partial charge in [0.05, 0.1) is 12.3 Å². The highest BCUT2D eigenvalue weighted by molar-refractivity contribution is 7.15. The van der Waals surface area contributed by atoms with Gasteiger partial charge in [-0.1, -0.05) is 13.3 Å². The first-order valence-corrected chi connectivity index (χ1v) is 8.53. The van der Waals surface area contributed by atoms with Gasteiger partial charge in [-0.3, -0.25) is 0 Å². The number of nitrogens with one attached hydrogen (secondary N) is 1. The van der Waals surface area contributed by atoms with Gasteiger partial charge in [-0.05, 0) is 32.2 Å². The molecule has 1 N–H and O–H groups in total. The molecular weight excluding hydrogens is 270 g/mol. The fourth-order valence-electron chi connectivity index (χ4n) is 2.46. The number of anilines is 1. The molecule has 114 valence electrons. The van der Waals surface area contributed by atoms with E-state index in [1.807, 2.05) is 11.3 Å². The Morgan fingerprint density at radius 3 is 2.75 bits per heavy atom. The number of hydrogen-bond acceptors (Lipinski definition) is 5. The molecular formula is C15H27N3OS. The molecule has 1 aromatic rings. The molecule has 0 unspecified atom stereocenters. The Hall–Kier alpha value is -0.650. The quantitative estimate of drug-likeness (QED) is 0.760. The molecule has 0 aromatic carbocycles. The molecule has 5 heteroatoms. The zero-order valence-corrected chi connectivity index (χ0v) is 13.8. The van der Waals surface area contributed by atoms with Crippen LogP contribution in [0.15, 0.2) is 0 Å². The van der Waals surface area contributed by atoms with Gasteiger partial charge in [0.15, 0.2) is 5.13 Å². The van der Waals surface area contributed by atoms with E-state index in [9.17, 15) is 0 Å². The zero-order chi connectivity index (χ0) is 14.4. The van der Waals surface area contributed by atoms with Crippen LogP contribution in [-0.4, -0.2) is 31.7 Å².